The molecule has 0 aliphatic carbocycles. The Balaban J connectivity index is 1.73. The third-order valence-corrected chi connectivity index (χ3v) is 5.09. The minimum absolute atomic E-state index is 0.0803. The zero-order valence-corrected chi connectivity index (χ0v) is 17.5. The minimum Gasteiger partial charge on any atom is -0.338 e. The Bertz CT molecular complexity index is 1020. The fraction of sp³-hybridized carbons (Fsp3) is 0.318. The van der Waals surface area contributed by atoms with Crippen LogP contribution in [0.3, 0.4) is 0 Å². The number of anilines is 2. The first-order valence-corrected chi connectivity index (χ1v) is 10.2. The maximum absolute atomic E-state index is 14.1. The predicted octanol–water partition coefficient (Wildman–Crippen LogP) is 4.37. The van der Waals surface area contributed by atoms with Crippen LogP contribution in [0, 0.1) is 28.9 Å². The highest BCUT2D eigenvalue weighted by Gasteiger charge is 2.31. The number of carbonyl (C=O) groups excluding carboxylic acids is 1. The highest BCUT2D eigenvalue weighted by molar-refractivity contribution is 5.95. The van der Waals surface area contributed by atoms with Crippen LogP contribution in [0.2, 0.25) is 0 Å². The number of piperazine rings is 1. The Morgan fingerprint density at radius 1 is 1.12 bits per heavy atom. The van der Waals surface area contributed by atoms with Crippen LogP contribution in [-0.2, 0) is 0 Å². The number of aliphatic imine (C=N–C) groups is 1. The number of urea groups is 1. The van der Waals surface area contributed by atoms with Gasteiger partial charge < -0.3 is 20.4 Å². The summed E-state index contributed by atoms with van der Waals surface area (Å²) in [7, 11) is 0. The highest BCUT2D eigenvalue weighted by atomic mass is 19.1. The van der Waals surface area contributed by atoms with E-state index in [1.54, 1.807) is 16.0 Å². The molecule has 1 atom stereocenters. The molecule has 0 bridgehead atoms. The molecule has 0 aromatic heterocycles. The molecule has 0 saturated carbocycles. The number of hydrogen-bond donors (Lipinski definition) is 2. The smallest absolute Gasteiger partial charge is 0.322 e. The predicted molar refractivity (Wildman–Crippen MR) is 115 cm³/mol. The average molecular weight is 444 g/mol. The van der Waals surface area contributed by atoms with Gasteiger partial charge in [0.25, 0.3) is 0 Å². The van der Waals surface area contributed by atoms with Crippen LogP contribution in [0.25, 0.3) is 0 Å². The van der Waals surface area contributed by atoms with Gasteiger partial charge in [-0.1, -0.05) is 13.3 Å². The number of hydrogen-bond acceptors (Lipinski definition) is 3. The second-order valence-electron chi connectivity index (χ2n) is 7.30. The van der Waals surface area contributed by atoms with Crippen LogP contribution >= 0.6 is 0 Å². The summed E-state index contributed by atoms with van der Waals surface area (Å²) in [5, 5.41) is 14.5. The van der Waals surface area contributed by atoms with Crippen molar-refractivity contribution in [2.24, 2.45) is 4.99 Å². The Morgan fingerprint density at radius 2 is 1.84 bits per heavy atom. The lowest BCUT2D eigenvalue weighted by Gasteiger charge is -2.42. The normalized spacial score (nSPS) is 16.5. The zero-order chi connectivity index (χ0) is 23.1. The molecule has 2 aromatic carbocycles. The molecule has 1 unspecified atom stereocenters. The van der Waals surface area contributed by atoms with Crippen LogP contribution in [0.1, 0.15) is 19.8 Å². The number of nitriles is 1. The van der Waals surface area contributed by atoms with Gasteiger partial charge in [-0.15, -0.1) is 4.99 Å². The van der Waals surface area contributed by atoms with E-state index in [0.29, 0.717) is 31.7 Å². The van der Waals surface area contributed by atoms with Crippen molar-refractivity contribution in [3.8, 4) is 6.19 Å². The molecule has 0 spiro atoms. The van der Waals surface area contributed by atoms with Gasteiger partial charge >= 0.3 is 6.03 Å². The van der Waals surface area contributed by atoms with Crippen molar-refractivity contribution in [1.29, 1.82) is 5.26 Å². The molecule has 7 nitrogen and oxygen atoms in total. The number of amides is 2. The van der Waals surface area contributed by atoms with Crippen LogP contribution in [0.15, 0.2) is 47.5 Å². The number of halogens is 3. The number of rotatable bonds is 4. The summed E-state index contributed by atoms with van der Waals surface area (Å²) in [6, 6.07) is 7.92. The van der Waals surface area contributed by atoms with E-state index in [1.807, 2.05) is 6.92 Å². The van der Waals surface area contributed by atoms with Crippen LogP contribution < -0.4 is 10.6 Å². The van der Waals surface area contributed by atoms with Gasteiger partial charge in [0, 0.05) is 31.4 Å². The van der Waals surface area contributed by atoms with Crippen LogP contribution in [0.5, 0.6) is 0 Å². The third kappa shape index (κ3) is 5.69. The van der Waals surface area contributed by atoms with Gasteiger partial charge in [-0.2, -0.15) is 5.26 Å². The first-order chi connectivity index (χ1) is 15.4. The maximum Gasteiger partial charge on any atom is 0.322 e. The number of carbonyl (C=O) groups is 1. The standard InChI is InChI=1S/C22H23F3N6O/c1-2-3-18-13-30(21(27-14-26)29-20-12-16(24)6-9-19(20)25)10-11-31(18)22(32)28-17-7-4-15(23)5-8-17/h4-9,12,18H,2-3,10-11,13H2,1H3,(H,27,29)(H,28,32). The van der Waals surface area contributed by atoms with Crippen LogP contribution in [-0.4, -0.2) is 47.5 Å². The van der Waals surface area contributed by atoms with Gasteiger partial charge in [-0.05, 0) is 42.8 Å². The van der Waals surface area contributed by atoms with Gasteiger partial charge in [0.15, 0.2) is 0 Å². The molecule has 1 aliphatic heterocycles. The summed E-state index contributed by atoms with van der Waals surface area (Å²) in [6.07, 6.45) is 3.16. The van der Waals surface area contributed by atoms with E-state index in [4.69, 9.17) is 5.26 Å². The molecule has 1 aliphatic rings. The summed E-state index contributed by atoms with van der Waals surface area (Å²) in [5.41, 5.74) is 0.339. The Morgan fingerprint density at radius 3 is 2.53 bits per heavy atom. The van der Waals surface area contributed by atoms with E-state index < -0.39 is 17.5 Å². The van der Waals surface area contributed by atoms with Crippen molar-refractivity contribution in [2.75, 3.05) is 30.3 Å². The average Bonchev–Trinajstić information content (AvgIpc) is 2.77. The first kappa shape index (κ1) is 22.9. The van der Waals surface area contributed by atoms with Gasteiger partial charge in [0.05, 0.1) is 11.7 Å². The SMILES string of the molecule is CCCC1CN(/C(=N\C#N)Nc2cc(F)ccc2F)CCN1C(=O)Nc1ccc(F)cc1. The topological polar surface area (TPSA) is 83.8 Å². The first-order valence-electron chi connectivity index (χ1n) is 10.2. The van der Waals surface area contributed by atoms with Gasteiger partial charge in [-0.3, -0.25) is 0 Å². The molecule has 1 saturated heterocycles. The molecule has 3 rings (SSSR count). The second-order valence-corrected chi connectivity index (χ2v) is 7.30. The fourth-order valence-corrected chi connectivity index (χ4v) is 3.56. The van der Waals surface area contributed by atoms with Gasteiger partial charge in [-0.25, -0.2) is 18.0 Å². The van der Waals surface area contributed by atoms with E-state index in [9.17, 15) is 18.0 Å². The van der Waals surface area contributed by atoms with Crippen molar-refractivity contribution >= 4 is 23.4 Å². The molecule has 0 radical (unpaired) electrons. The zero-order valence-electron chi connectivity index (χ0n) is 17.5. The Hall–Kier alpha value is -3.74. The van der Waals surface area contributed by atoms with Crippen molar-refractivity contribution in [2.45, 2.75) is 25.8 Å². The summed E-state index contributed by atoms with van der Waals surface area (Å²) < 4.78 is 40.7. The van der Waals surface area contributed by atoms with E-state index in [2.05, 4.69) is 15.6 Å². The minimum atomic E-state index is -0.681. The summed E-state index contributed by atoms with van der Waals surface area (Å²) >= 11 is 0. The number of benzene rings is 2. The largest absolute Gasteiger partial charge is 0.338 e. The lowest BCUT2D eigenvalue weighted by molar-refractivity contribution is 0.130. The Labute approximate surface area is 184 Å². The molecule has 1 heterocycles. The number of nitrogens with one attached hydrogen (secondary N) is 2. The molecule has 32 heavy (non-hydrogen) atoms. The molecular weight excluding hydrogens is 421 g/mol. The van der Waals surface area contributed by atoms with Gasteiger partial charge in [0.2, 0.25) is 12.2 Å². The summed E-state index contributed by atoms with van der Waals surface area (Å²) in [4.78, 5) is 20.0. The fourth-order valence-electron chi connectivity index (χ4n) is 3.56. The second kappa shape index (κ2) is 10.5. The molecule has 168 valence electrons. The van der Waals surface area contributed by atoms with Crippen molar-refractivity contribution < 1.29 is 18.0 Å². The molecule has 1 fully saturated rings. The van der Waals surface area contributed by atoms with Crippen molar-refractivity contribution in [1.82, 2.24) is 9.80 Å². The molecule has 2 amide bonds. The van der Waals surface area contributed by atoms with E-state index in [-0.39, 0.29) is 23.7 Å². The lowest BCUT2D eigenvalue weighted by atomic mass is 10.1. The molecule has 2 N–H and O–H groups in total. The van der Waals surface area contributed by atoms with Crippen molar-refractivity contribution in [3.63, 3.8) is 0 Å². The third-order valence-electron chi connectivity index (χ3n) is 5.09. The summed E-state index contributed by atoms with van der Waals surface area (Å²) in [6.45, 7) is 2.96. The monoisotopic (exact) mass is 444 g/mol. The summed E-state index contributed by atoms with van der Waals surface area (Å²) in [5.74, 6) is -1.63. The van der Waals surface area contributed by atoms with E-state index >= 15 is 0 Å². The quantitative estimate of drug-likeness (QED) is 0.417. The highest BCUT2D eigenvalue weighted by Crippen LogP contribution is 2.20. The molecule has 2 aromatic rings. The van der Waals surface area contributed by atoms with E-state index in [0.717, 1.165) is 24.6 Å². The van der Waals surface area contributed by atoms with Crippen LogP contribution in [0.4, 0.5) is 29.3 Å². The molecule has 10 heteroatoms. The Kier molecular flexibility index (Phi) is 7.54. The number of guanidine groups is 1. The molecular formula is C22H23F3N6O. The maximum atomic E-state index is 14.1. The number of nitrogens with zero attached hydrogens (tertiary/aromatic N) is 4. The van der Waals surface area contributed by atoms with E-state index in [1.165, 1.54) is 24.3 Å². The lowest BCUT2D eigenvalue weighted by Crippen LogP contribution is -2.58. The van der Waals surface area contributed by atoms with Crippen molar-refractivity contribution in [3.05, 3.63) is 59.9 Å². The van der Waals surface area contributed by atoms with Gasteiger partial charge in [0.1, 0.15) is 17.5 Å².